The maximum Gasteiger partial charge on any atom is 0.260 e. The van der Waals surface area contributed by atoms with Gasteiger partial charge in [-0.15, -0.1) is 0 Å². The van der Waals surface area contributed by atoms with Crippen LogP contribution in [0.1, 0.15) is 21.7 Å². The van der Waals surface area contributed by atoms with E-state index in [-0.39, 0.29) is 5.91 Å². The number of benzene rings is 2. The lowest BCUT2D eigenvalue weighted by atomic mass is 10.0. The van der Waals surface area contributed by atoms with Gasteiger partial charge in [0, 0.05) is 12.0 Å². The third kappa shape index (κ3) is 3.99. The van der Waals surface area contributed by atoms with Gasteiger partial charge < -0.3 is 14.3 Å². The Labute approximate surface area is 165 Å². The zero-order chi connectivity index (χ0) is 19.3. The number of nitrogens with zero attached hydrogens (tertiary/aromatic N) is 2. The van der Waals surface area contributed by atoms with E-state index >= 15 is 0 Å². The Bertz CT molecular complexity index is 914. The van der Waals surface area contributed by atoms with Crippen LogP contribution in [0.3, 0.4) is 0 Å². The van der Waals surface area contributed by atoms with Crippen LogP contribution >= 0.6 is 0 Å². The highest BCUT2D eigenvalue weighted by atomic mass is 16.5. The van der Waals surface area contributed by atoms with Crippen LogP contribution in [-0.2, 0) is 6.42 Å². The highest BCUT2D eigenvalue weighted by Gasteiger charge is 2.29. The quantitative estimate of drug-likeness (QED) is 0.743. The van der Waals surface area contributed by atoms with E-state index in [9.17, 15) is 4.79 Å². The van der Waals surface area contributed by atoms with Crippen LogP contribution in [0, 0.1) is 6.92 Å². The van der Waals surface area contributed by atoms with Crippen LogP contribution in [0.5, 0.6) is 0 Å². The number of carbonyl (C=O) groups is 1. The zero-order valence-corrected chi connectivity index (χ0v) is 16.2. The predicted molar refractivity (Wildman–Crippen MR) is 108 cm³/mol. The Morgan fingerprint density at radius 2 is 1.68 bits per heavy atom. The monoisotopic (exact) mass is 376 g/mol. The molecule has 1 N–H and O–H groups in total. The molecule has 3 aromatic rings. The van der Waals surface area contributed by atoms with Crippen LogP contribution in [0.4, 0.5) is 0 Å². The normalized spacial score (nSPS) is 15.0. The summed E-state index contributed by atoms with van der Waals surface area (Å²) in [5.74, 6) is 0.613. The number of rotatable bonds is 5. The Hall–Kier alpha value is -2.92. The molecule has 0 atom stereocenters. The molecule has 0 aliphatic carbocycles. The second-order valence-electron chi connectivity index (χ2n) is 7.36. The minimum atomic E-state index is 0.0275. The highest BCUT2D eigenvalue weighted by molar-refractivity contribution is 6.00. The van der Waals surface area contributed by atoms with E-state index in [0.29, 0.717) is 17.0 Å². The minimum absolute atomic E-state index is 0.0275. The van der Waals surface area contributed by atoms with Crippen molar-refractivity contribution in [1.29, 1.82) is 0 Å². The number of hydrogen-bond donors (Lipinski definition) is 1. The molecule has 4 rings (SSSR count). The molecule has 144 valence electrons. The molecule has 1 saturated heterocycles. The van der Waals surface area contributed by atoms with Crippen molar-refractivity contribution < 1.29 is 14.2 Å². The number of piperazine rings is 1. The van der Waals surface area contributed by atoms with Crippen molar-refractivity contribution in [3.63, 3.8) is 0 Å². The van der Waals surface area contributed by atoms with Crippen molar-refractivity contribution in [2.24, 2.45) is 0 Å². The van der Waals surface area contributed by atoms with Crippen LogP contribution < -0.4 is 4.90 Å². The van der Waals surface area contributed by atoms with Gasteiger partial charge in [-0.05, 0) is 12.5 Å². The summed E-state index contributed by atoms with van der Waals surface area (Å²) in [7, 11) is 0. The summed E-state index contributed by atoms with van der Waals surface area (Å²) in [6, 6.07) is 20.4. The molecule has 1 amide bonds. The standard InChI is InChI=1S/C23H25N3O2/c1-18-21(22(24-28-18)20-10-6-3-7-11-20)23(27)26-16-14-25(15-17-26)13-12-19-8-4-2-5-9-19/h2-11H,12-17H2,1H3/p+1. The summed E-state index contributed by atoms with van der Waals surface area (Å²) in [6.07, 6.45) is 1.08. The molecule has 1 aromatic heterocycles. The van der Waals surface area contributed by atoms with Gasteiger partial charge in [0.05, 0.1) is 32.7 Å². The number of hydrogen-bond acceptors (Lipinski definition) is 3. The van der Waals surface area contributed by atoms with E-state index in [1.54, 1.807) is 4.90 Å². The van der Waals surface area contributed by atoms with Crippen molar-refractivity contribution in [3.05, 3.63) is 77.6 Å². The van der Waals surface area contributed by atoms with E-state index in [4.69, 9.17) is 4.52 Å². The van der Waals surface area contributed by atoms with E-state index < -0.39 is 0 Å². The van der Waals surface area contributed by atoms with Crippen LogP contribution in [-0.4, -0.2) is 48.7 Å². The first-order chi connectivity index (χ1) is 13.7. The summed E-state index contributed by atoms with van der Waals surface area (Å²) < 4.78 is 5.37. The lowest BCUT2D eigenvalue weighted by Gasteiger charge is -2.32. The third-order valence-electron chi connectivity index (χ3n) is 5.49. The fourth-order valence-electron chi connectivity index (χ4n) is 3.82. The molecule has 2 aromatic carbocycles. The predicted octanol–water partition coefficient (Wildman–Crippen LogP) is 2.23. The van der Waals surface area contributed by atoms with Crippen LogP contribution in [0.2, 0.25) is 0 Å². The number of aromatic nitrogens is 1. The van der Waals surface area contributed by atoms with Gasteiger partial charge in [-0.25, -0.2) is 0 Å². The maximum absolute atomic E-state index is 13.2. The fourth-order valence-corrected chi connectivity index (χ4v) is 3.82. The van der Waals surface area contributed by atoms with Gasteiger partial charge in [-0.3, -0.25) is 4.79 Å². The summed E-state index contributed by atoms with van der Waals surface area (Å²) in [5, 5.41) is 4.15. The lowest BCUT2D eigenvalue weighted by Crippen LogP contribution is -3.15. The van der Waals surface area contributed by atoms with Crippen molar-refractivity contribution >= 4 is 5.91 Å². The Kier molecular flexibility index (Phi) is 5.53. The number of nitrogens with one attached hydrogen (secondary N) is 1. The lowest BCUT2D eigenvalue weighted by molar-refractivity contribution is -0.903. The summed E-state index contributed by atoms with van der Waals surface area (Å²) in [6.45, 7) is 6.40. The summed E-state index contributed by atoms with van der Waals surface area (Å²) >= 11 is 0. The van der Waals surface area contributed by atoms with Gasteiger partial charge in [0.25, 0.3) is 5.91 Å². The molecule has 1 aliphatic rings. The third-order valence-corrected chi connectivity index (χ3v) is 5.49. The Balaban J connectivity index is 1.39. The molecule has 0 spiro atoms. The minimum Gasteiger partial charge on any atom is -0.360 e. The Morgan fingerprint density at radius 3 is 2.36 bits per heavy atom. The van der Waals surface area contributed by atoms with Crippen molar-refractivity contribution in [2.45, 2.75) is 13.3 Å². The van der Waals surface area contributed by atoms with E-state index in [0.717, 1.165) is 44.7 Å². The molecule has 0 radical (unpaired) electrons. The molecule has 5 nitrogen and oxygen atoms in total. The molecule has 2 heterocycles. The first kappa shape index (κ1) is 18.4. The molecule has 0 saturated carbocycles. The first-order valence-electron chi connectivity index (χ1n) is 9.91. The van der Waals surface area contributed by atoms with Crippen molar-refractivity contribution in [2.75, 3.05) is 32.7 Å². The van der Waals surface area contributed by atoms with Gasteiger partial charge in [0.2, 0.25) is 0 Å². The molecule has 1 fully saturated rings. The highest BCUT2D eigenvalue weighted by Crippen LogP contribution is 2.26. The van der Waals surface area contributed by atoms with Crippen LogP contribution in [0.15, 0.2) is 65.2 Å². The largest absolute Gasteiger partial charge is 0.360 e. The topological polar surface area (TPSA) is 50.8 Å². The number of carbonyl (C=O) groups excluding carboxylic acids is 1. The molecule has 5 heteroatoms. The van der Waals surface area contributed by atoms with Crippen LogP contribution in [0.25, 0.3) is 11.3 Å². The maximum atomic E-state index is 13.2. The smallest absolute Gasteiger partial charge is 0.260 e. The average molecular weight is 376 g/mol. The number of aryl methyl sites for hydroxylation is 1. The summed E-state index contributed by atoms with van der Waals surface area (Å²) in [5.41, 5.74) is 3.52. The van der Waals surface area contributed by atoms with E-state index in [1.807, 2.05) is 42.2 Å². The average Bonchev–Trinajstić information content (AvgIpc) is 3.15. The molecule has 0 bridgehead atoms. The van der Waals surface area contributed by atoms with Gasteiger partial charge >= 0.3 is 0 Å². The number of quaternary nitrogens is 1. The first-order valence-corrected chi connectivity index (χ1v) is 9.91. The summed E-state index contributed by atoms with van der Waals surface area (Å²) in [4.78, 5) is 16.7. The molecule has 0 unspecified atom stereocenters. The second kappa shape index (κ2) is 8.40. The van der Waals surface area contributed by atoms with Gasteiger partial charge in [-0.1, -0.05) is 65.8 Å². The molecular formula is C23H26N3O2+. The zero-order valence-electron chi connectivity index (χ0n) is 16.2. The Morgan fingerprint density at radius 1 is 1.04 bits per heavy atom. The van der Waals surface area contributed by atoms with Gasteiger partial charge in [0.1, 0.15) is 17.0 Å². The SMILES string of the molecule is Cc1onc(-c2ccccc2)c1C(=O)N1CC[NH+](CCc2ccccc2)CC1. The van der Waals surface area contributed by atoms with Crippen molar-refractivity contribution in [3.8, 4) is 11.3 Å². The molecule has 1 aliphatic heterocycles. The van der Waals surface area contributed by atoms with E-state index in [2.05, 4.69) is 35.5 Å². The van der Waals surface area contributed by atoms with Gasteiger partial charge in [0.15, 0.2) is 0 Å². The molecular weight excluding hydrogens is 350 g/mol. The van der Waals surface area contributed by atoms with Crippen molar-refractivity contribution in [1.82, 2.24) is 10.1 Å². The fraction of sp³-hybridized carbons (Fsp3) is 0.304. The van der Waals surface area contributed by atoms with E-state index in [1.165, 1.54) is 5.56 Å². The molecule has 28 heavy (non-hydrogen) atoms. The number of amides is 1. The second-order valence-corrected chi connectivity index (χ2v) is 7.36. The van der Waals surface area contributed by atoms with Gasteiger partial charge in [-0.2, -0.15) is 0 Å².